The van der Waals surface area contributed by atoms with Gasteiger partial charge in [0.1, 0.15) is 0 Å². The molecule has 0 fully saturated rings. The molecule has 0 aliphatic heterocycles. The van der Waals surface area contributed by atoms with E-state index in [1.807, 2.05) is 0 Å². The standard InChI is InChI=1S/C16H24N2/c1-5-9-18-10-8-14-11-13(6-7-15(14)18)12-17-16(2,3)4/h6-8,10-11,17H,5,9,12H2,1-4H3. The van der Waals surface area contributed by atoms with Gasteiger partial charge in [0.05, 0.1) is 0 Å². The molecule has 18 heavy (non-hydrogen) atoms. The molecule has 0 saturated heterocycles. The highest BCUT2D eigenvalue weighted by molar-refractivity contribution is 5.80. The van der Waals surface area contributed by atoms with Gasteiger partial charge in [0, 0.05) is 30.3 Å². The van der Waals surface area contributed by atoms with E-state index in [-0.39, 0.29) is 5.54 Å². The first-order valence-corrected chi connectivity index (χ1v) is 6.82. The lowest BCUT2D eigenvalue weighted by Crippen LogP contribution is -2.35. The molecule has 1 heterocycles. The zero-order valence-corrected chi connectivity index (χ0v) is 12.0. The fraction of sp³-hybridized carbons (Fsp3) is 0.500. The molecule has 0 aliphatic carbocycles. The number of rotatable bonds is 4. The van der Waals surface area contributed by atoms with Gasteiger partial charge < -0.3 is 9.88 Å². The normalized spacial score (nSPS) is 12.2. The van der Waals surface area contributed by atoms with E-state index in [1.54, 1.807) is 0 Å². The molecule has 2 rings (SSSR count). The van der Waals surface area contributed by atoms with Gasteiger partial charge in [-0.25, -0.2) is 0 Å². The quantitative estimate of drug-likeness (QED) is 0.862. The Kier molecular flexibility index (Phi) is 3.76. The maximum Gasteiger partial charge on any atom is 0.0480 e. The number of nitrogens with one attached hydrogen (secondary N) is 1. The van der Waals surface area contributed by atoms with E-state index in [0.717, 1.165) is 13.1 Å². The van der Waals surface area contributed by atoms with Crippen LogP contribution in [0.4, 0.5) is 0 Å². The maximum atomic E-state index is 3.53. The van der Waals surface area contributed by atoms with Gasteiger partial charge >= 0.3 is 0 Å². The molecule has 0 aliphatic rings. The molecular weight excluding hydrogens is 220 g/mol. The summed E-state index contributed by atoms with van der Waals surface area (Å²) >= 11 is 0. The molecule has 1 N–H and O–H groups in total. The minimum absolute atomic E-state index is 0.170. The SMILES string of the molecule is CCCn1ccc2cc(CNC(C)(C)C)ccc21. The zero-order chi connectivity index (χ0) is 13.2. The molecule has 0 saturated carbocycles. The third-order valence-electron chi connectivity index (χ3n) is 3.12. The van der Waals surface area contributed by atoms with Crippen LogP contribution in [0.3, 0.4) is 0 Å². The van der Waals surface area contributed by atoms with Gasteiger partial charge in [0.25, 0.3) is 0 Å². The summed E-state index contributed by atoms with van der Waals surface area (Å²) in [6.07, 6.45) is 3.37. The number of fused-ring (bicyclic) bond motifs is 1. The van der Waals surface area contributed by atoms with Crippen molar-refractivity contribution < 1.29 is 0 Å². The van der Waals surface area contributed by atoms with Gasteiger partial charge in [-0.2, -0.15) is 0 Å². The second-order valence-electron chi connectivity index (χ2n) is 6.01. The van der Waals surface area contributed by atoms with Crippen LogP contribution in [-0.2, 0) is 13.1 Å². The lowest BCUT2D eigenvalue weighted by atomic mass is 10.1. The Bertz CT molecular complexity index is 517. The number of nitrogens with zero attached hydrogens (tertiary/aromatic N) is 1. The molecule has 0 atom stereocenters. The summed E-state index contributed by atoms with van der Waals surface area (Å²) < 4.78 is 2.33. The third-order valence-corrected chi connectivity index (χ3v) is 3.12. The Morgan fingerprint density at radius 2 is 1.94 bits per heavy atom. The summed E-state index contributed by atoms with van der Waals surface area (Å²) in [7, 11) is 0. The summed E-state index contributed by atoms with van der Waals surface area (Å²) in [5, 5.41) is 4.87. The average molecular weight is 244 g/mol. The minimum atomic E-state index is 0.170. The van der Waals surface area contributed by atoms with Gasteiger partial charge in [-0.1, -0.05) is 13.0 Å². The first kappa shape index (κ1) is 13.2. The van der Waals surface area contributed by atoms with E-state index in [9.17, 15) is 0 Å². The Hall–Kier alpha value is -1.28. The fourth-order valence-corrected chi connectivity index (χ4v) is 2.16. The van der Waals surface area contributed by atoms with Gasteiger partial charge in [0.2, 0.25) is 0 Å². The minimum Gasteiger partial charge on any atom is -0.347 e. The lowest BCUT2D eigenvalue weighted by Gasteiger charge is -2.20. The summed E-state index contributed by atoms with van der Waals surface area (Å²) in [4.78, 5) is 0. The average Bonchev–Trinajstić information content (AvgIpc) is 2.69. The van der Waals surface area contributed by atoms with Crippen molar-refractivity contribution in [3.63, 3.8) is 0 Å². The molecule has 98 valence electrons. The van der Waals surface area contributed by atoms with Crippen molar-refractivity contribution in [3.8, 4) is 0 Å². The van der Waals surface area contributed by atoms with Crippen LogP contribution in [0, 0.1) is 0 Å². The van der Waals surface area contributed by atoms with Crippen LogP contribution in [-0.4, -0.2) is 10.1 Å². The number of benzene rings is 1. The molecule has 0 bridgehead atoms. The molecule has 2 heteroatoms. The van der Waals surface area contributed by atoms with Crippen LogP contribution in [0.1, 0.15) is 39.7 Å². The van der Waals surface area contributed by atoms with Crippen molar-refractivity contribution in [1.82, 2.24) is 9.88 Å². The Labute approximate surface area is 110 Å². The Morgan fingerprint density at radius 1 is 1.17 bits per heavy atom. The second-order valence-corrected chi connectivity index (χ2v) is 6.01. The highest BCUT2D eigenvalue weighted by Crippen LogP contribution is 2.18. The van der Waals surface area contributed by atoms with E-state index < -0.39 is 0 Å². The number of hydrogen-bond donors (Lipinski definition) is 1. The summed E-state index contributed by atoms with van der Waals surface area (Å²) in [6, 6.07) is 8.98. The van der Waals surface area contributed by atoms with E-state index >= 15 is 0 Å². The van der Waals surface area contributed by atoms with Crippen LogP contribution >= 0.6 is 0 Å². The molecule has 2 nitrogen and oxygen atoms in total. The maximum absolute atomic E-state index is 3.53. The molecule has 0 spiro atoms. The smallest absolute Gasteiger partial charge is 0.0480 e. The van der Waals surface area contributed by atoms with E-state index in [4.69, 9.17) is 0 Å². The van der Waals surface area contributed by atoms with Crippen molar-refractivity contribution in [1.29, 1.82) is 0 Å². The largest absolute Gasteiger partial charge is 0.347 e. The Balaban J connectivity index is 2.18. The van der Waals surface area contributed by atoms with Gasteiger partial charge in [-0.05, 0) is 56.3 Å². The second kappa shape index (κ2) is 5.15. The summed E-state index contributed by atoms with van der Waals surface area (Å²) in [5.41, 5.74) is 2.87. The molecule has 0 amide bonds. The molecule has 2 aromatic rings. The van der Waals surface area contributed by atoms with Crippen molar-refractivity contribution in [2.75, 3.05) is 0 Å². The van der Waals surface area contributed by atoms with Gasteiger partial charge in [-0.3, -0.25) is 0 Å². The summed E-state index contributed by atoms with van der Waals surface area (Å²) in [6.45, 7) is 10.8. The van der Waals surface area contributed by atoms with Crippen LogP contribution < -0.4 is 5.32 Å². The van der Waals surface area contributed by atoms with Gasteiger partial charge in [-0.15, -0.1) is 0 Å². The van der Waals surface area contributed by atoms with Gasteiger partial charge in [0.15, 0.2) is 0 Å². The fourth-order valence-electron chi connectivity index (χ4n) is 2.16. The van der Waals surface area contributed by atoms with E-state index in [1.165, 1.54) is 22.9 Å². The first-order chi connectivity index (χ1) is 8.49. The van der Waals surface area contributed by atoms with Crippen molar-refractivity contribution >= 4 is 10.9 Å². The van der Waals surface area contributed by atoms with E-state index in [0.29, 0.717) is 0 Å². The summed E-state index contributed by atoms with van der Waals surface area (Å²) in [5.74, 6) is 0. The highest BCUT2D eigenvalue weighted by atomic mass is 15.0. The molecular formula is C16H24N2. The molecule has 1 aromatic carbocycles. The topological polar surface area (TPSA) is 17.0 Å². The third kappa shape index (κ3) is 3.14. The monoisotopic (exact) mass is 244 g/mol. The predicted molar refractivity (Wildman–Crippen MR) is 78.8 cm³/mol. The van der Waals surface area contributed by atoms with Crippen LogP contribution in [0.25, 0.3) is 10.9 Å². The molecule has 1 aromatic heterocycles. The molecule has 0 radical (unpaired) electrons. The van der Waals surface area contributed by atoms with Crippen LogP contribution in [0.15, 0.2) is 30.5 Å². The molecule has 0 unspecified atom stereocenters. The van der Waals surface area contributed by atoms with Crippen LogP contribution in [0.2, 0.25) is 0 Å². The highest BCUT2D eigenvalue weighted by Gasteiger charge is 2.09. The first-order valence-electron chi connectivity index (χ1n) is 6.82. The number of hydrogen-bond acceptors (Lipinski definition) is 1. The van der Waals surface area contributed by atoms with Crippen molar-refractivity contribution in [3.05, 3.63) is 36.0 Å². The van der Waals surface area contributed by atoms with Crippen LogP contribution in [0.5, 0.6) is 0 Å². The number of aryl methyl sites for hydroxylation is 1. The van der Waals surface area contributed by atoms with Crippen molar-refractivity contribution in [2.24, 2.45) is 0 Å². The van der Waals surface area contributed by atoms with Crippen molar-refractivity contribution in [2.45, 2.75) is 52.7 Å². The Morgan fingerprint density at radius 3 is 2.61 bits per heavy atom. The zero-order valence-electron chi connectivity index (χ0n) is 12.0. The predicted octanol–water partition coefficient (Wildman–Crippen LogP) is 3.94. The van der Waals surface area contributed by atoms with E-state index in [2.05, 4.69) is 68.0 Å². The number of aromatic nitrogens is 1. The lowest BCUT2D eigenvalue weighted by molar-refractivity contribution is 0.424.